The van der Waals surface area contributed by atoms with Crippen LogP contribution >= 0.6 is 46.9 Å². The molecular weight excluding hydrogens is 414 g/mol. The fraction of sp³-hybridized carbons (Fsp3) is 0.500. The number of thiocarbonyl (C=S) groups is 1. The number of anilines is 1. The second-order valence-electron chi connectivity index (χ2n) is 6.03. The lowest BCUT2D eigenvalue weighted by molar-refractivity contribution is -0.137. The minimum Gasteiger partial charge on any atom is -0.481 e. The first-order chi connectivity index (χ1) is 12.5. The number of nitrogens with zero attached hydrogens (tertiary/aromatic N) is 3. The molecule has 2 saturated heterocycles. The number of thioether (sulfide) groups is 1. The zero-order valence-corrected chi connectivity index (χ0v) is 17.1. The van der Waals surface area contributed by atoms with Crippen LogP contribution in [0.2, 0.25) is 5.15 Å². The average molecular weight is 432 g/mol. The van der Waals surface area contributed by atoms with Crippen LogP contribution in [0.5, 0.6) is 0 Å². The molecule has 1 amide bonds. The molecule has 0 spiro atoms. The molecule has 1 aromatic rings. The molecule has 140 valence electrons. The highest BCUT2D eigenvalue weighted by Crippen LogP contribution is 2.37. The van der Waals surface area contributed by atoms with Gasteiger partial charge in [-0.3, -0.25) is 14.5 Å². The van der Waals surface area contributed by atoms with Gasteiger partial charge >= 0.3 is 5.97 Å². The summed E-state index contributed by atoms with van der Waals surface area (Å²) in [5, 5.41) is 10.0. The van der Waals surface area contributed by atoms with Crippen molar-refractivity contribution in [2.24, 2.45) is 0 Å². The largest absolute Gasteiger partial charge is 0.481 e. The smallest absolute Gasteiger partial charge is 0.303 e. The van der Waals surface area contributed by atoms with Crippen LogP contribution in [0.15, 0.2) is 4.91 Å². The van der Waals surface area contributed by atoms with Gasteiger partial charge < -0.3 is 10.0 Å². The Morgan fingerprint density at radius 3 is 2.77 bits per heavy atom. The molecule has 6 nitrogen and oxygen atoms in total. The monoisotopic (exact) mass is 431 g/mol. The van der Waals surface area contributed by atoms with Gasteiger partial charge in [0.05, 0.1) is 9.78 Å². The molecule has 0 saturated carbocycles. The van der Waals surface area contributed by atoms with Gasteiger partial charge in [-0.25, -0.2) is 4.98 Å². The van der Waals surface area contributed by atoms with E-state index in [4.69, 9.17) is 28.9 Å². The van der Waals surface area contributed by atoms with Gasteiger partial charge in [0.1, 0.15) is 9.47 Å². The Labute approximate surface area is 170 Å². The minimum absolute atomic E-state index is 0.00990. The lowest BCUT2D eigenvalue weighted by atomic mass is 10.1. The van der Waals surface area contributed by atoms with Crippen molar-refractivity contribution in [1.82, 2.24) is 9.88 Å². The number of thiazole rings is 1. The third-order valence-corrected chi connectivity index (χ3v) is 6.97. The van der Waals surface area contributed by atoms with Crippen molar-refractivity contribution in [2.75, 3.05) is 24.5 Å². The van der Waals surface area contributed by atoms with Crippen molar-refractivity contribution in [1.29, 1.82) is 0 Å². The molecule has 0 radical (unpaired) electrons. The summed E-state index contributed by atoms with van der Waals surface area (Å²) in [7, 11) is 0. The number of aliphatic carboxylic acids is 1. The molecule has 2 aliphatic heterocycles. The normalized spacial score (nSPS) is 19.7. The van der Waals surface area contributed by atoms with Crippen molar-refractivity contribution in [2.45, 2.75) is 32.1 Å². The van der Waals surface area contributed by atoms with Gasteiger partial charge in [-0.2, -0.15) is 0 Å². The molecule has 10 heteroatoms. The molecule has 26 heavy (non-hydrogen) atoms. The third-order valence-electron chi connectivity index (χ3n) is 4.13. The van der Waals surface area contributed by atoms with Crippen LogP contribution in [0.25, 0.3) is 6.08 Å². The maximum absolute atomic E-state index is 12.5. The van der Waals surface area contributed by atoms with Crippen molar-refractivity contribution < 1.29 is 14.7 Å². The van der Waals surface area contributed by atoms with Crippen LogP contribution in [0.1, 0.15) is 37.0 Å². The van der Waals surface area contributed by atoms with Gasteiger partial charge in [-0.1, -0.05) is 46.9 Å². The van der Waals surface area contributed by atoms with Crippen LogP contribution in [-0.2, 0) is 9.59 Å². The Hall–Kier alpha value is -1.16. The number of halogens is 1. The van der Waals surface area contributed by atoms with Crippen molar-refractivity contribution >= 4 is 74.3 Å². The van der Waals surface area contributed by atoms with Gasteiger partial charge in [-0.15, -0.1) is 0 Å². The molecule has 3 rings (SSSR count). The number of carboxylic acids is 1. The van der Waals surface area contributed by atoms with E-state index in [1.165, 1.54) is 34.4 Å². The second-order valence-corrected chi connectivity index (χ2v) is 9.07. The quantitative estimate of drug-likeness (QED) is 0.541. The first-order valence-electron chi connectivity index (χ1n) is 8.34. The average Bonchev–Trinajstić information content (AvgIpc) is 3.10. The van der Waals surface area contributed by atoms with E-state index >= 15 is 0 Å². The lowest BCUT2D eigenvalue weighted by Crippen LogP contribution is -2.29. The summed E-state index contributed by atoms with van der Waals surface area (Å²) in [5.74, 6) is -1.08. The van der Waals surface area contributed by atoms with Gasteiger partial charge in [0.2, 0.25) is 0 Å². The zero-order valence-electron chi connectivity index (χ0n) is 13.9. The van der Waals surface area contributed by atoms with Crippen LogP contribution in [0.3, 0.4) is 0 Å². The summed E-state index contributed by atoms with van der Waals surface area (Å²) in [4.78, 5) is 32.6. The molecule has 0 aliphatic carbocycles. The van der Waals surface area contributed by atoms with Crippen LogP contribution in [0.4, 0.5) is 5.13 Å². The number of aromatic nitrogens is 1. The lowest BCUT2D eigenvalue weighted by Gasteiger charge is -2.25. The molecule has 1 aromatic heterocycles. The summed E-state index contributed by atoms with van der Waals surface area (Å²) in [6.07, 6.45) is 5.67. The summed E-state index contributed by atoms with van der Waals surface area (Å²) < 4.78 is 0.448. The van der Waals surface area contributed by atoms with Crippen LogP contribution in [-0.4, -0.2) is 50.8 Å². The number of carbonyl (C=O) groups excluding carboxylic acids is 1. The van der Waals surface area contributed by atoms with Crippen LogP contribution < -0.4 is 4.90 Å². The van der Waals surface area contributed by atoms with Crippen molar-refractivity contribution in [3.05, 3.63) is 14.9 Å². The van der Waals surface area contributed by atoms with E-state index in [0.29, 0.717) is 27.3 Å². The molecule has 2 aliphatic rings. The highest BCUT2D eigenvalue weighted by Gasteiger charge is 2.32. The van der Waals surface area contributed by atoms with Gasteiger partial charge in [0.25, 0.3) is 5.91 Å². The third kappa shape index (κ3) is 4.57. The van der Waals surface area contributed by atoms with Gasteiger partial charge in [0.15, 0.2) is 5.13 Å². The zero-order chi connectivity index (χ0) is 18.7. The van der Waals surface area contributed by atoms with E-state index in [-0.39, 0.29) is 12.3 Å². The Morgan fingerprint density at radius 1 is 1.35 bits per heavy atom. The Kier molecular flexibility index (Phi) is 6.55. The standard InChI is InChI=1S/C16H18ClN3O3S3/c17-13-10(25-15(18-13)19-6-2-1-3-7-19)9-11-14(23)20(16(24)26-11)8-4-5-12(21)22/h9H,1-8H2,(H,21,22)/b11-9+. The predicted octanol–water partition coefficient (Wildman–Crippen LogP) is 3.85. The maximum atomic E-state index is 12.5. The van der Waals surface area contributed by atoms with E-state index in [2.05, 4.69) is 9.88 Å². The first-order valence-corrected chi connectivity index (χ1v) is 10.8. The molecule has 3 heterocycles. The molecule has 0 aromatic carbocycles. The first kappa shape index (κ1) is 19.6. The van der Waals surface area contributed by atoms with Gasteiger partial charge in [0, 0.05) is 26.1 Å². The number of hydrogen-bond donors (Lipinski definition) is 1. The number of carboxylic acid groups (broad SMARTS) is 1. The van der Waals surface area contributed by atoms with E-state index in [9.17, 15) is 9.59 Å². The van der Waals surface area contributed by atoms with Crippen molar-refractivity contribution in [3.63, 3.8) is 0 Å². The fourth-order valence-electron chi connectivity index (χ4n) is 2.81. The fourth-order valence-corrected chi connectivity index (χ4v) is 5.43. The predicted molar refractivity (Wildman–Crippen MR) is 110 cm³/mol. The minimum atomic E-state index is -0.882. The van der Waals surface area contributed by atoms with E-state index < -0.39 is 5.97 Å². The number of carbonyl (C=O) groups is 2. The molecule has 2 fully saturated rings. The topological polar surface area (TPSA) is 73.7 Å². The van der Waals surface area contributed by atoms with E-state index in [1.807, 2.05) is 0 Å². The Morgan fingerprint density at radius 2 is 2.08 bits per heavy atom. The van der Waals surface area contributed by atoms with E-state index in [0.717, 1.165) is 35.9 Å². The highest BCUT2D eigenvalue weighted by molar-refractivity contribution is 8.26. The molecular formula is C16H18ClN3O3S3. The summed E-state index contributed by atoms with van der Waals surface area (Å²) in [6, 6.07) is 0. The molecule has 0 atom stereocenters. The number of amides is 1. The highest BCUT2D eigenvalue weighted by atomic mass is 35.5. The summed E-state index contributed by atoms with van der Waals surface area (Å²) in [6.45, 7) is 2.27. The number of hydrogen-bond acceptors (Lipinski definition) is 7. The second kappa shape index (κ2) is 8.69. The number of piperidine rings is 1. The summed E-state index contributed by atoms with van der Waals surface area (Å²) in [5.41, 5.74) is 0. The SMILES string of the molecule is O=C(O)CCCN1C(=O)/C(=C\c2sc(N3CCCCC3)nc2Cl)SC1=S. The Balaban J connectivity index is 1.71. The molecule has 0 unspecified atom stereocenters. The Bertz CT molecular complexity index is 759. The molecule has 1 N–H and O–H groups in total. The van der Waals surface area contributed by atoms with E-state index in [1.54, 1.807) is 6.08 Å². The maximum Gasteiger partial charge on any atom is 0.303 e. The van der Waals surface area contributed by atoms with Crippen LogP contribution in [0, 0.1) is 0 Å². The summed E-state index contributed by atoms with van der Waals surface area (Å²) >= 11 is 14.2. The number of rotatable bonds is 6. The van der Waals surface area contributed by atoms with Gasteiger partial charge in [-0.05, 0) is 31.8 Å². The molecule has 0 bridgehead atoms. The van der Waals surface area contributed by atoms with Crippen molar-refractivity contribution in [3.8, 4) is 0 Å².